The third-order valence-corrected chi connectivity index (χ3v) is 1.87. The van der Waals surface area contributed by atoms with E-state index >= 15 is 0 Å². The van der Waals surface area contributed by atoms with E-state index < -0.39 is 11.9 Å². The monoisotopic (exact) mass is 214 g/mol. The van der Waals surface area contributed by atoms with E-state index in [-0.39, 0.29) is 17.5 Å². The van der Waals surface area contributed by atoms with Crippen molar-refractivity contribution in [2.75, 3.05) is 0 Å². The number of hydrogen-bond donors (Lipinski definition) is 2. The minimum absolute atomic E-state index is 0.0307. The molecular formula is C9H7ClO4. The Hall–Kier alpha value is -1.55. The van der Waals surface area contributed by atoms with Gasteiger partial charge in [-0.2, -0.15) is 0 Å². The van der Waals surface area contributed by atoms with Crippen LogP contribution in [0.2, 0.25) is 5.02 Å². The second-order valence-electron chi connectivity index (χ2n) is 2.68. The first-order chi connectivity index (χ1) is 6.50. The fraction of sp³-hybridized carbons (Fsp3) is 0.111. The average molecular weight is 215 g/mol. The molecule has 0 heterocycles. The summed E-state index contributed by atoms with van der Waals surface area (Å²) in [7, 11) is 0. The van der Waals surface area contributed by atoms with E-state index in [2.05, 4.69) is 0 Å². The standard InChI is InChI=1S/C9H7ClO4/c10-6-1-2-7(9(13)14)5(3-6)4-8(11)12/h1-3H,4H2,(H,11,12)(H,13,14). The van der Waals surface area contributed by atoms with Gasteiger partial charge in [-0.1, -0.05) is 11.6 Å². The van der Waals surface area contributed by atoms with E-state index in [0.29, 0.717) is 5.02 Å². The highest BCUT2D eigenvalue weighted by atomic mass is 35.5. The predicted octanol–water partition coefficient (Wildman–Crippen LogP) is 1.67. The molecule has 1 rings (SSSR count). The highest BCUT2D eigenvalue weighted by Crippen LogP contribution is 2.16. The van der Waals surface area contributed by atoms with Gasteiger partial charge in [0, 0.05) is 5.02 Å². The van der Waals surface area contributed by atoms with Crippen LogP contribution < -0.4 is 0 Å². The summed E-state index contributed by atoms with van der Waals surface area (Å²) in [6.07, 6.45) is -0.345. The zero-order valence-corrected chi connectivity index (χ0v) is 7.78. The molecule has 0 aliphatic heterocycles. The third-order valence-electron chi connectivity index (χ3n) is 1.64. The van der Waals surface area contributed by atoms with Crippen molar-refractivity contribution >= 4 is 23.5 Å². The fourth-order valence-corrected chi connectivity index (χ4v) is 1.27. The Morgan fingerprint density at radius 3 is 2.43 bits per heavy atom. The summed E-state index contributed by atoms with van der Waals surface area (Å²) in [5.74, 6) is -2.24. The van der Waals surface area contributed by atoms with Crippen LogP contribution in [0.25, 0.3) is 0 Å². The molecule has 0 saturated carbocycles. The lowest BCUT2D eigenvalue weighted by molar-refractivity contribution is -0.136. The van der Waals surface area contributed by atoms with Gasteiger partial charge >= 0.3 is 11.9 Å². The number of aliphatic carboxylic acids is 1. The molecule has 0 aromatic heterocycles. The molecule has 0 atom stereocenters. The molecule has 14 heavy (non-hydrogen) atoms. The summed E-state index contributed by atoms with van der Waals surface area (Å²) in [5.41, 5.74) is 0.175. The number of aromatic carboxylic acids is 1. The molecule has 4 nitrogen and oxygen atoms in total. The lowest BCUT2D eigenvalue weighted by Gasteiger charge is -2.03. The number of carboxylic acid groups (broad SMARTS) is 2. The Balaban J connectivity index is 3.15. The van der Waals surface area contributed by atoms with Crippen molar-refractivity contribution in [2.24, 2.45) is 0 Å². The van der Waals surface area contributed by atoms with Crippen molar-refractivity contribution < 1.29 is 19.8 Å². The molecule has 0 amide bonds. The minimum atomic E-state index is -1.15. The third kappa shape index (κ3) is 2.47. The van der Waals surface area contributed by atoms with E-state index in [1.807, 2.05) is 0 Å². The van der Waals surface area contributed by atoms with Crippen LogP contribution in [0.1, 0.15) is 15.9 Å². The topological polar surface area (TPSA) is 74.6 Å². The molecule has 74 valence electrons. The van der Waals surface area contributed by atoms with E-state index in [9.17, 15) is 9.59 Å². The average Bonchev–Trinajstić information content (AvgIpc) is 2.01. The van der Waals surface area contributed by atoms with E-state index in [0.717, 1.165) is 0 Å². The van der Waals surface area contributed by atoms with E-state index in [4.69, 9.17) is 21.8 Å². The Bertz CT molecular complexity index is 386. The molecule has 5 heteroatoms. The van der Waals surface area contributed by atoms with Crippen LogP contribution in [0.4, 0.5) is 0 Å². The molecular weight excluding hydrogens is 208 g/mol. The van der Waals surface area contributed by atoms with Gasteiger partial charge in [-0.25, -0.2) is 4.79 Å². The van der Waals surface area contributed by atoms with Crippen LogP contribution in [0.3, 0.4) is 0 Å². The Kier molecular flexibility index (Phi) is 3.09. The summed E-state index contributed by atoms with van der Waals surface area (Å²) in [4.78, 5) is 21.1. The molecule has 0 aliphatic carbocycles. The number of halogens is 1. The Morgan fingerprint density at radius 1 is 1.29 bits per heavy atom. The van der Waals surface area contributed by atoms with Crippen molar-refractivity contribution in [3.8, 4) is 0 Å². The molecule has 1 aromatic rings. The first-order valence-corrected chi connectivity index (χ1v) is 4.12. The van der Waals surface area contributed by atoms with Gasteiger partial charge in [0.15, 0.2) is 0 Å². The van der Waals surface area contributed by atoms with Gasteiger partial charge in [-0.15, -0.1) is 0 Å². The summed E-state index contributed by atoms with van der Waals surface area (Å²) in [6.45, 7) is 0. The first kappa shape index (κ1) is 10.5. The van der Waals surface area contributed by atoms with Crippen LogP contribution in [0, 0.1) is 0 Å². The van der Waals surface area contributed by atoms with Gasteiger partial charge in [0.2, 0.25) is 0 Å². The van der Waals surface area contributed by atoms with Crippen LogP contribution >= 0.6 is 11.6 Å². The molecule has 0 spiro atoms. The lowest BCUT2D eigenvalue weighted by Crippen LogP contribution is -2.07. The molecule has 0 fully saturated rings. The number of carbonyl (C=O) groups is 2. The normalized spacial score (nSPS) is 9.79. The first-order valence-electron chi connectivity index (χ1n) is 3.74. The second-order valence-corrected chi connectivity index (χ2v) is 3.11. The van der Waals surface area contributed by atoms with Crippen LogP contribution in [0.5, 0.6) is 0 Å². The Labute approximate surface area is 84.7 Å². The van der Waals surface area contributed by atoms with Crippen molar-refractivity contribution in [3.63, 3.8) is 0 Å². The molecule has 1 aromatic carbocycles. The van der Waals surface area contributed by atoms with Gasteiger partial charge in [0.05, 0.1) is 12.0 Å². The van der Waals surface area contributed by atoms with Crippen LogP contribution in [-0.4, -0.2) is 22.2 Å². The van der Waals surface area contributed by atoms with Gasteiger partial charge in [-0.3, -0.25) is 4.79 Å². The van der Waals surface area contributed by atoms with Crippen LogP contribution in [0.15, 0.2) is 18.2 Å². The zero-order valence-electron chi connectivity index (χ0n) is 7.03. The maximum Gasteiger partial charge on any atom is 0.335 e. The van der Waals surface area contributed by atoms with E-state index in [1.165, 1.54) is 18.2 Å². The van der Waals surface area contributed by atoms with Crippen molar-refractivity contribution in [2.45, 2.75) is 6.42 Å². The predicted molar refractivity (Wildman–Crippen MR) is 49.8 cm³/mol. The maximum absolute atomic E-state index is 10.7. The lowest BCUT2D eigenvalue weighted by atomic mass is 10.1. The highest BCUT2D eigenvalue weighted by Gasteiger charge is 2.12. The van der Waals surface area contributed by atoms with Gasteiger partial charge in [0.25, 0.3) is 0 Å². The summed E-state index contributed by atoms with van der Waals surface area (Å²) < 4.78 is 0. The van der Waals surface area contributed by atoms with Gasteiger partial charge < -0.3 is 10.2 Å². The molecule has 2 N–H and O–H groups in total. The molecule has 0 unspecified atom stereocenters. The number of benzene rings is 1. The summed E-state index contributed by atoms with van der Waals surface area (Å²) >= 11 is 5.62. The van der Waals surface area contributed by atoms with Gasteiger partial charge in [-0.05, 0) is 23.8 Å². The fourth-order valence-electron chi connectivity index (χ4n) is 1.08. The number of rotatable bonds is 3. The summed E-state index contributed by atoms with van der Waals surface area (Å²) in [5, 5.41) is 17.6. The van der Waals surface area contributed by atoms with Crippen molar-refractivity contribution in [1.82, 2.24) is 0 Å². The summed E-state index contributed by atoms with van der Waals surface area (Å²) in [6, 6.07) is 4.05. The highest BCUT2D eigenvalue weighted by molar-refractivity contribution is 6.30. The van der Waals surface area contributed by atoms with Gasteiger partial charge in [0.1, 0.15) is 0 Å². The second kappa shape index (κ2) is 4.11. The van der Waals surface area contributed by atoms with Crippen LogP contribution in [-0.2, 0) is 11.2 Å². The maximum atomic E-state index is 10.7. The zero-order chi connectivity index (χ0) is 10.7. The SMILES string of the molecule is O=C(O)Cc1cc(Cl)ccc1C(=O)O. The molecule has 0 radical (unpaired) electrons. The largest absolute Gasteiger partial charge is 0.481 e. The van der Waals surface area contributed by atoms with E-state index in [1.54, 1.807) is 0 Å². The number of hydrogen-bond acceptors (Lipinski definition) is 2. The molecule has 0 saturated heterocycles. The minimum Gasteiger partial charge on any atom is -0.481 e. The Morgan fingerprint density at radius 2 is 1.93 bits per heavy atom. The smallest absolute Gasteiger partial charge is 0.335 e. The quantitative estimate of drug-likeness (QED) is 0.803. The van der Waals surface area contributed by atoms with Crippen molar-refractivity contribution in [1.29, 1.82) is 0 Å². The van der Waals surface area contributed by atoms with Crippen molar-refractivity contribution in [3.05, 3.63) is 34.3 Å². The number of carboxylic acids is 2. The molecule has 0 bridgehead atoms. The molecule has 0 aliphatic rings.